The number of benzene rings is 1. The molecule has 2 N–H and O–H groups in total. The molecule has 1 fully saturated rings. The van der Waals surface area contributed by atoms with Gasteiger partial charge >= 0.3 is 0 Å². The molecule has 1 saturated heterocycles. The van der Waals surface area contributed by atoms with Gasteiger partial charge in [-0.3, -0.25) is 5.10 Å². The first-order chi connectivity index (χ1) is 8.83. The van der Waals surface area contributed by atoms with Crippen LogP contribution in [0.2, 0.25) is 0 Å². The van der Waals surface area contributed by atoms with E-state index < -0.39 is 0 Å². The summed E-state index contributed by atoms with van der Waals surface area (Å²) in [5.41, 5.74) is 3.73. The Balaban J connectivity index is 1.89. The Bertz CT molecular complexity index is 605. The second-order valence-electron chi connectivity index (χ2n) is 5.14. The van der Waals surface area contributed by atoms with Gasteiger partial charge in [0.15, 0.2) is 0 Å². The number of nitrogens with one attached hydrogen (secondary N) is 2. The van der Waals surface area contributed by atoms with Crippen molar-refractivity contribution in [3.8, 4) is 11.3 Å². The van der Waals surface area contributed by atoms with Crippen LogP contribution < -0.4 is 5.32 Å². The molecule has 2 atom stereocenters. The standard InChI is InChI=1S/C14H14FN3/c15-10-4-2-1-3-9(10)14-13-11-6-5-8(16-11)7-12(13)17-18-14/h1-4,8,11,16H,5-7H2,(H,17,18). The van der Waals surface area contributed by atoms with Crippen molar-refractivity contribution in [3.05, 3.63) is 41.3 Å². The van der Waals surface area contributed by atoms with E-state index in [0.717, 1.165) is 18.5 Å². The third-order valence-corrected chi connectivity index (χ3v) is 4.05. The zero-order valence-corrected chi connectivity index (χ0v) is 9.91. The van der Waals surface area contributed by atoms with E-state index in [1.165, 1.54) is 23.7 Å². The average Bonchev–Trinajstić information content (AvgIpc) is 2.96. The molecular formula is C14H14FN3. The summed E-state index contributed by atoms with van der Waals surface area (Å²) in [4.78, 5) is 0. The van der Waals surface area contributed by atoms with Crippen molar-refractivity contribution in [2.75, 3.05) is 0 Å². The molecule has 2 unspecified atom stereocenters. The van der Waals surface area contributed by atoms with Crippen LogP contribution in [0.4, 0.5) is 4.39 Å². The van der Waals surface area contributed by atoms with Crippen LogP contribution >= 0.6 is 0 Å². The lowest BCUT2D eigenvalue weighted by Gasteiger charge is -2.21. The Morgan fingerprint density at radius 2 is 2.11 bits per heavy atom. The van der Waals surface area contributed by atoms with Gasteiger partial charge in [-0.2, -0.15) is 5.10 Å². The first kappa shape index (κ1) is 10.3. The fourth-order valence-corrected chi connectivity index (χ4v) is 3.23. The maximum absolute atomic E-state index is 13.9. The van der Waals surface area contributed by atoms with Crippen LogP contribution in [0, 0.1) is 5.82 Å². The van der Waals surface area contributed by atoms with Crippen LogP contribution in [-0.2, 0) is 6.42 Å². The lowest BCUT2D eigenvalue weighted by molar-refractivity contribution is 0.511. The molecular weight excluding hydrogens is 229 g/mol. The summed E-state index contributed by atoms with van der Waals surface area (Å²) in [5, 5.41) is 11.0. The van der Waals surface area contributed by atoms with Crippen molar-refractivity contribution in [2.24, 2.45) is 0 Å². The number of nitrogens with zero attached hydrogens (tertiary/aromatic N) is 1. The molecule has 2 bridgehead atoms. The fraction of sp³-hybridized carbons (Fsp3) is 0.357. The monoisotopic (exact) mass is 243 g/mol. The Morgan fingerprint density at radius 1 is 1.22 bits per heavy atom. The number of aromatic amines is 1. The van der Waals surface area contributed by atoms with E-state index in [-0.39, 0.29) is 5.82 Å². The lowest BCUT2D eigenvalue weighted by atomic mass is 9.96. The SMILES string of the molecule is Fc1ccccc1-c1n[nH]c2c1C1CCC(C2)N1. The second kappa shape index (κ2) is 3.65. The second-order valence-corrected chi connectivity index (χ2v) is 5.14. The van der Waals surface area contributed by atoms with Gasteiger partial charge in [0.25, 0.3) is 0 Å². The number of aromatic nitrogens is 2. The van der Waals surface area contributed by atoms with E-state index in [1.807, 2.05) is 6.07 Å². The molecule has 4 heteroatoms. The lowest BCUT2D eigenvalue weighted by Crippen LogP contribution is -2.31. The highest BCUT2D eigenvalue weighted by atomic mass is 19.1. The van der Waals surface area contributed by atoms with Crippen LogP contribution in [0.3, 0.4) is 0 Å². The number of hydrogen-bond donors (Lipinski definition) is 2. The Morgan fingerprint density at radius 3 is 3.00 bits per heavy atom. The fourth-order valence-electron chi connectivity index (χ4n) is 3.23. The zero-order valence-electron chi connectivity index (χ0n) is 9.91. The van der Waals surface area contributed by atoms with Gasteiger partial charge in [0.05, 0.1) is 0 Å². The van der Waals surface area contributed by atoms with Crippen molar-refractivity contribution in [2.45, 2.75) is 31.3 Å². The normalized spacial score (nSPS) is 25.2. The molecule has 1 aromatic carbocycles. The highest BCUT2D eigenvalue weighted by Crippen LogP contribution is 2.40. The molecule has 1 aromatic heterocycles. The summed E-state index contributed by atoms with van der Waals surface area (Å²) in [5.74, 6) is -0.202. The van der Waals surface area contributed by atoms with E-state index in [9.17, 15) is 4.39 Å². The van der Waals surface area contributed by atoms with Gasteiger partial charge in [-0.05, 0) is 25.0 Å². The van der Waals surface area contributed by atoms with Crippen LogP contribution in [0.25, 0.3) is 11.3 Å². The molecule has 2 aromatic rings. The molecule has 3 heterocycles. The maximum atomic E-state index is 13.9. The van der Waals surface area contributed by atoms with E-state index >= 15 is 0 Å². The quantitative estimate of drug-likeness (QED) is 0.808. The predicted octanol–water partition coefficient (Wildman–Crippen LogP) is 2.57. The summed E-state index contributed by atoms with van der Waals surface area (Å²) in [6, 6.07) is 7.76. The third-order valence-electron chi connectivity index (χ3n) is 4.05. The predicted molar refractivity (Wildman–Crippen MR) is 66.6 cm³/mol. The Kier molecular flexibility index (Phi) is 2.08. The molecule has 0 amide bonds. The van der Waals surface area contributed by atoms with Gasteiger partial charge in [-0.1, -0.05) is 12.1 Å². The minimum absolute atomic E-state index is 0.202. The average molecular weight is 243 g/mol. The molecule has 18 heavy (non-hydrogen) atoms. The zero-order chi connectivity index (χ0) is 12.1. The molecule has 4 rings (SSSR count). The summed E-state index contributed by atoms with van der Waals surface area (Å²) < 4.78 is 13.9. The van der Waals surface area contributed by atoms with Crippen molar-refractivity contribution in [3.63, 3.8) is 0 Å². The van der Waals surface area contributed by atoms with Crippen molar-refractivity contribution in [1.82, 2.24) is 15.5 Å². The summed E-state index contributed by atoms with van der Waals surface area (Å²) in [6.07, 6.45) is 3.30. The summed E-state index contributed by atoms with van der Waals surface area (Å²) in [7, 11) is 0. The number of hydrogen-bond acceptors (Lipinski definition) is 2. The highest BCUT2D eigenvalue weighted by Gasteiger charge is 2.36. The Hall–Kier alpha value is -1.68. The third kappa shape index (κ3) is 1.35. The molecule has 2 aliphatic heterocycles. The molecule has 0 saturated carbocycles. The van der Waals surface area contributed by atoms with E-state index in [0.29, 0.717) is 17.6 Å². The van der Waals surface area contributed by atoms with Crippen molar-refractivity contribution >= 4 is 0 Å². The van der Waals surface area contributed by atoms with Crippen molar-refractivity contribution < 1.29 is 4.39 Å². The van der Waals surface area contributed by atoms with E-state index in [1.54, 1.807) is 12.1 Å². The van der Waals surface area contributed by atoms with Gasteiger partial charge in [0.2, 0.25) is 0 Å². The van der Waals surface area contributed by atoms with Crippen LogP contribution in [0.1, 0.15) is 30.1 Å². The number of rotatable bonds is 1. The Labute approximate surface area is 104 Å². The molecule has 0 radical (unpaired) electrons. The van der Waals surface area contributed by atoms with E-state index in [2.05, 4.69) is 15.5 Å². The molecule has 92 valence electrons. The molecule has 0 spiro atoms. The van der Waals surface area contributed by atoms with Crippen LogP contribution in [-0.4, -0.2) is 16.2 Å². The minimum atomic E-state index is -0.202. The van der Waals surface area contributed by atoms with E-state index in [4.69, 9.17) is 0 Å². The number of H-pyrrole nitrogens is 1. The smallest absolute Gasteiger partial charge is 0.132 e. The largest absolute Gasteiger partial charge is 0.307 e. The van der Waals surface area contributed by atoms with Crippen LogP contribution in [0.5, 0.6) is 0 Å². The first-order valence-corrected chi connectivity index (χ1v) is 6.41. The molecule has 3 nitrogen and oxygen atoms in total. The van der Waals surface area contributed by atoms with Gasteiger partial charge in [-0.15, -0.1) is 0 Å². The maximum Gasteiger partial charge on any atom is 0.132 e. The van der Waals surface area contributed by atoms with Gasteiger partial charge in [0, 0.05) is 35.3 Å². The molecule has 2 aliphatic rings. The van der Waals surface area contributed by atoms with Gasteiger partial charge in [0.1, 0.15) is 11.5 Å². The summed E-state index contributed by atoms with van der Waals surface area (Å²) >= 11 is 0. The highest BCUT2D eigenvalue weighted by molar-refractivity contribution is 5.66. The first-order valence-electron chi connectivity index (χ1n) is 6.41. The van der Waals surface area contributed by atoms with Crippen molar-refractivity contribution in [1.29, 1.82) is 0 Å². The minimum Gasteiger partial charge on any atom is -0.307 e. The van der Waals surface area contributed by atoms with Crippen LogP contribution in [0.15, 0.2) is 24.3 Å². The number of fused-ring (bicyclic) bond motifs is 4. The summed E-state index contributed by atoms with van der Waals surface area (Å²) in [6.45, 7) is 0. The van der Waals surface area contributed by atoms with Gasteiger partial charge in [-0.25, -0.2) is 4.39 Å². The topological polar surface area (TPSA) is 40.7 Å². The number of halogens is 1. The van der Waals surface area contributed by atoms with Gasteiger partial charge < -0.3 is 5.32 Å². The molecule has 0 aliphatic carbocycles.